The van der Waals surface area contributed by atoms with Crippen molar-refractivity contribution in [3.63, 3.8) is 0 Å². The maximum Gasteiger partial charge on any atom is 0.451 e. The Kier molecular flexibility index (Phi) is 5.66. The van der Waals surface area contributed by atoms with Gasteiger partial charge in [-0.25, -0.2) is 14.6 Å². The summed E-state index contributed by atoms with van der Waals surface area (Å²) < 4.78 is 45.5. The first-order valence-electron chi connectivity index (χ1n) is 7.28. The molecule has 0 N–H and O–H groups in total. The Morgan fingerprint density at radius 1 is 1.25 bits per heavy atom. The summed E-state index contributed by atoms with van der Waals surface area (Å²) >= 11 is 5.68. The quantitative estimate of drug-likeness (QED) is 0.426. The van der Waals surface area contributed by atoms with Crippen LogP contribution in [-0.4, -0.2) is 34.4 Å². The van der Waals surface area contributed by atoms with Gasteiger partial charge >= 0.3 is 6.18 Å². The average molecular weight is 379 g/mol. The molecule has 24 heavy (non-hydrogen) atoms. The lowest BCUT2D eigenvalue weighted by molar-refractivity contribution is -0.150. The molecule has 2 aromatic heterocycles. The highest BCUT2D eigenvalue weighted by Gasteiger charge is 2.38. The molecule has 2 heterocycles. The zero-order valence-electron chi connectivity index (χ0n) is 13.6. The van der Waals surface area contributed by atoms with Crippen LogP contribution in [0.4, 0.5) is 13.2 Å². The number of hydrogen-bond acceptors (Lipinski definition) is 4. The van der Waals surface area contributed by atoms with Gasteiger partial charge in [0.15, 0.2) is 5.82 Å². The van der Waals surface area contributed by atoms with Crippen molar-refractivity contribution in [3.05, 3.63) is 29.3 Å². The molecule has 0 amide bonds. The fraction of sp³-hybridized carbons (Fsp3) is 0.500. The fourth-order valence-electron chi connectivity index (χ4n) is 1.80. The van der Waals surface area contributed by atoms with E-state index in [1.54, 1.807) is 0 Å². The second-order valence-corrected chi connectivity index (χ2v) is 12.5. The Hall–Kier alpha value is -1.45. The van der Waals surface area contributed by atoms with E-state index in [4.69, 9.17) is 16.3 Å². The first kappa shape index (κ1) is 18.9. The van der Waals surface area contributed by atoms with E-state index in [0.717, 1.165) is 10.7 Å². The number of ether oxygens (including phenoxy) is 1. The standard InChI is InChI=1S/C14H18ClF3N4OSi/c1-24(2,3)7-6-23-9-22-13(14(16,17)18)20-12(21-22)10-4-5-11(15)19-8-10/h4-5,8H,6-7,9H2,1-3H3. The third-order valence-corrected chi connectivity index (χ3v) is 5.05. The molecule has 0 saturated carbocycles. The van der Waals surface area contributed by atoms with Crippen LogP contribution < -0.4 is 0 Å². The summed E-state index contributed by atoms with van der Waals surface area (Å²) in [7, 11) is -1.31. The lowest BCUT2D eigenvalue weighted by Gasteiger charge is -2.15. The van der Waals surface area contributed by atoms with Crippen LogP contribution in [0.5, 0.6) is 0 Å². The molecular formula is C14H18ClF3N4OSi. The minimum absolute atomic E-state index is 0.0692. The molecule has 0 spiro atoms. The van der Waals surface area contributed by atoms with Crippen LogP contribution in [0.3, 0.4) is 0 Å². The summed E-state index contributed by atoms with van der Waals surface area (Å²) in [5.41, 5.74) is 0.353. The van der Waals surface area contributed by atoms with Gasteiger partial charge in [0.05, 0.1) is 0 Å². The van der Waals surface area contributed by atoms with Crippen molar-refractivity contribution in [2.45, 2.75) is 38.6 Å². The molecule has 0 radical (unpaired) electrons. The van der Waals surface area contributed by atoms with Crippen molar-refractivity contribution in [3.8, 4) is 11.4 Å². The maximum absolute atomic E-state index is 13.1. The molecule has 132 valence electrons. The molecular weight excluding hydrogens is 361 g/mol. The van der Waals surface area contributed by atoms with Crippen molar-refractivity contribution in [1.29, 1.82) is 0 Å². The van der Waals surface area contributed by atoms with Crippen LogP contribution in [0.25, 0.3) is 11.4 Å². The van der Waals surface area contributed by atoms with Crippen LogP contribution in [0.15, 0.2) is 18.3 Å². The minimum atomic E-state index is -4.62. The third-order valence-electron chi connectivity index (χ3n) is 3.12. The molecule has 0 bridgehead atoms. The largest absolute Gasteiger partial charge is 0.451 e. The predicted octanol–water partition coefficient (Wildman–Crippen LogP) is 4.32. The minimum Gasteiger partial charge on any atom is -0.359 e. The summed E-state index contributed by atoms with van der Waals surface area (Å²) in [6.45, 7) is 6.59. The average Bonchev–Trinajstić information content (AvgIpc) is 2.88. The molecule has 2 aromatic rings. The summed E-state index contributed by atoms with van der Waals surface area (Å²) in [6, 6.07) is 3.84. The Morgan fingerprint density at radius 2 is 1.96 bits per heavy atom. The molecule has 0 saturated heterocycles. The number of hydrogen-bond donors (Lipinski definition) is 0. The number of halogens is 4. The number of nitrogens with zero attached hydrogens (tertiary/aromatic N) is 4. The molecule has 0 aromatic carbocycles. The molecule has 0 aliphatic carbocycles. The van der Waals surface area contributed by atoms with E-state index < -0.39 is 20.1 Å². The smallest absolute Gasteiger partial charge is 0.359 e. The van der Waals surface area contributed by atoms with Gasteiger partial charge in [-0.15, -0.1) is 5.10 Å². The van der Waals surface area contributed by atoms with E-state index in [0.29, 0.717) is 12.2 Å². The van der Waals surface area contributed by atoms with Crippen LogP contribution in [0.2, 0.25) is 30.8 Å². The van der Waals surface area contributed by atoms with Crippen LogP contribution in [0.1, 0.15) is 5.82 Å². The Balaban J connectivity index is 2.18. The van der Waals surface area contributed by atoms with Gasteiger partial charge in [-0.3, -0.25) is 0 Å². The Morgan fingerprint density at radius 3 is 2.50 bits per heavy atom. The Labute approximate surface area is 143 Å². The summed E-state index contributed by atoms with van der Waals surface area (Å²) in [4.78, 5) is 7.41. The topological polar surface area (TPSA) is 52.8 Å². The maximum atomic E-state index is 13.1. The predicted molar refractivity (Wildman–Crippen MR) is 87.4 cm³/mol. The normalized spacial score (nSPS) is 12.6. The van der Waals surface area contributed by atoms with Crippen molar-refractivity contribution < 1.29 is 17.9 Å². The van der Waals surface area contributed by atoms with Gasteiger partial charge in [0.25, 0.3) is 0 Å². The molecule has 0 aliphatic heterocycles. The van der Waals surface area contributed by atoms with E-state index in [-0.39, 0.29) is 17.7 Å². The molecule has 0 fully saturated rings. The molecule has 0 unspecified atom stereocenters. The van der Waals surface area contributed by atoms with Gasteiger partial charge in [0.2, 0.25) is 5.82 Å². The van der Waals surface area contributed by atoms with E-state index in [9.17, 15) is 13.2 Å². The second-order valence-electron chi connectivity index (χ2n) is 6.47. The van der Waals surface area contributed by atoms with Gasteiger partial charge in [0.1, 0.15) is 11.9 Å². The number of rotatable bonds is 6. The highest BCUT2D eigenvalue weighted by atomic mass is 35.5. The third kappa shape index (κ3) is 5.28. The van der Waals surface area contributed by atoms with Crippen LogP contribution >= 0.6 is 11.6 Å². The molecule has 10 heteroatoms. The van der Waals surface area contributed by atoms with Gasteiger partial charge in [0, 0.05) is 26.4 Å². The highest BCUT2D eigenvalue weighted by molar-refractivity contribution is 6.76. The van der Waals surface area contributed by atoms with E-state index >= 15 is 0 Å². The summed E-state index contributed by atoms with van der Waals surface area (Å²) in [6.07, 6.45) is -3.29. The van der Waals surface area contributed by atoms with Crippen molar-refractivity contribution in [1.82, 2.24) is 19.7 Å². The number of alkyl halides is 3. The first-order chi connectivity index (χ1) is 11.1. The van der Waals surface area contributed by atoms with Gasteiger partial charge in [-0.2, -0.15) is 13.2 Å². The Bertz CT molecular complexity index is 683. The van der Waals surface area contributed by atoms with E-state index in [1.807, 2.05) is 0 Å². The zero-order valence-corrected chi connectivity index (χ0v) is 15.3. The first-order valence-corrected chi connectivity index (χ1v) is 11.4. The van der Waals surface area contributed by atoms with Crippen LogP contribution in [-0.2, 0) is 17.6 Å². The highest BCUT2D eigenvalue weighted by Crippen LogP contribution is 2.29. The fourth-order valence-corrected chi connectivity index (χ4v) is 2.67. The van der Waals surface area contributed by atoms with Gasteiger partial charge < -0.3 is 4.74 Å². The van der Waals surface area contributed by atoms with Gasteiger partial charge in [-0.05, 0) is 18.2 Å². The SMILES string of the molecule is C[Si](C)(C)CCOCn1nc(-c2ccc(Cl)nc2)nc1C(F)(F)F. The zero-order chi connectivity index (χ0) is 18.0. The van der Waals surface area contributed by atoms with E-state index in [2.05, 4.69) is 34.7 Å². The van der Waals surface area contributed by atoms with Gasteiger partial charge in [-0.1, -0.05) is 31.2 Å². The number of pyridine rings is 1. The number of aromatic nitrogens is 4. The monoisotopic (exact) mass is 378 g/mol. The summed E-state index contributed by atoms with van der Waals surface area (Å²) in [5, 5.41) is 4.14. The second kappa shape index (κ2) is 7.20. The van der Waals surface area contributed by atoms with E-state index in [1.165, 1.54) is 18.3 Å². The summed E-state index contributed by atoms with van der Waals surface area (Å²) in [5.74, 6) is -1.17. The van der Waals surface area contributed by atoms with Crippen LogP contribution in [0, 0.1) is 0 Å². The van der Waals surface area contributed by atoms with Crippen molar-refractivity contribution in [2.24, 2.45) is 0 Å². The molecule has 2 rings (SSSR count). The van der Waals surface area contributed by atoms with Crippen molar-refractivity contribution >= 4 is 19.7 Å². The molecule has 0 aliphatic rings. The molecule has 5 nitrogen and oxygen atoms in total. The van der Waals surface area contributed by atoms with Crippen molar-refractivity contribution in [2.75, 3.05) is 6.61 Å². The lowest BCUT2D eigenvalue weighted by Crippen LogP contribution is -2.23. The lowest BCUT2D eigenvalue weighted by atomic mass is 10.3. The molecule has 0 atom stereocenters.